The molecule has 37 heavy (non-hydrogen) atoms. The van der Waals surface area contributed by atoms with Gasteiger partial charge in [0.25, 0.3) is 5.91 Å². The summed E-state index contributed by atoms with van der Waals surface area (Å²) < 4.78 is 7.66. The van der Waals surface area contributed by atoms with E-state index in [0.717, 1.165) is 38.5 Å². The van der Waals surface area contributed by atoms with Crippen LogP contribution in [-0.4, -0.2) is 38.9 Å². The normalized spacial score (nSPS) is 15.6. The highest BCUT2D eigenvalue weighted by atomic mass is 16.5. The molecular weight excluding hydrogens is 472 g/mol. The Morgan fingerprint density at radius 2 is 1.89 bits per heavy atom. The first kappa shape index (κ1) is 24.2. The minimum Gasteiger partial charge on any atom is -0.494 e. The van der Waals surface area contributed by atoms with E-state index in [2.05, 4.69) is 32.0 Å². The third-order valence-electron chi connectivity index (χ3n) is 6.79. The van der Waals surface area contributed by atoms with Crippen LogP contribution in [0.4, 0.5) is 17.2 Å². The molecule has 1 aromatic carbocycles. The van der Waals surface area contributed by atoms with Gasteiger partial charge in [0.15, 0.2) is 17.2 Å². The molecule has 2 saturated carbocycles. The van der Waals surface area contributed by atoms with Crippen molar-refractivity contribution >= 4 is 29.0 Å². The second-order valence-corrected chi connectivity index (χ2v) is 9.41. The number of nitrogens with two attached hydrogens (primary N) is 1. The van der Waals surface area contributed by atoms with E-state index in [4.69, 9.17) is 10.5 Å². The monoisotopic (exact) mass is 500 g/mol. The number of rotatable bonds is 8. The molecule has 4 N–H and O–H groups in total. The fourth-order valence-electron chi connectivity index (χ4n) is 4.72. The zero-order valence-corrected chi connectivity index (χ0v) is 20.5. The van der Waals surface area contributed by atoms with Crippen LogP contribution in [0.15, 0.2) is 30.5 Å². The molecule has 2 fully saturated rings. The summed E-state index contributed by atoms with van der Waals surface area (Å²) >= 11 is 0. The van der Waals surface area contributed by atoms with Crippen molar-refractivity contribution in [3.63, 3.8) is 0 Å². The molecule has 11 heteroatoms. The summed E-state index contributed by atoms with van der Waals surface area (Å²) in [6, 6.07) is 9.44. The Hall–Kier alpha value is -4.46. The van der Waals surface area contributed by atoms with Gasteiger partial charge in [0.2, 0.25) is 5.91 Å². The van der Waals surface area contributed by atoms with Gasteiger partial charge in [0.1, 0.15) is 11.8 Å². The standard InChI is InChI=1S/C26H28N8O3/c1-37-24-17(18-14-34(33-21(18)13-27)16-6-3-2-4-7-16)8-5-9-19(24)29-20-12-22(30-26(36)15-10-11-15)31-32-23(20)25(28)35/h5,8-9,12,14-16H,2-4,6-7,10-11H2,1H3,(H2,28,35)(H2,29,30,31,36). The number of benzene rings is 1. The lowest BCUT2D eigenvalue weighted by atomic mass is 9.96. The molecular formula is C26H28N8O3. The third-order valence-corrected chi connectivity index (χ3v) is 6.79. The van der Waals surface area contributed by atoms with E-state index in [9.17, 15) is 14.9 Å². The lowest BCUT2D eigenvalue weighted by Crippen LogP contribution is -2.19. The van der Waals surface area contributed by atoms with Crippen LogP contribution in [0.3, 0.4) is 0 Å². The average molecular weight is 501 g/mol. The topological polar surface area (TPSA) is 161 Å². The van der Waals surface area contributed by atoms with E-state index in [1.54, 1.807) is 6.07 Å². The van der Waals surface area contributed by atoms with Crippen molar-refractivity contribution in [1.82, 2.24) is 20.0 Å². The summed E-state index contributed by atoms with van der Waals surface area (Å²) in [7, 11) is 1.53. The second kappa shape index (κ2) is 10.3. The summed E-state index contributed by atoms with van der Waals surface area (Å²) in [5.74, 6) is -0.260. The van der Waals surface area contributed by atoms with E-state index >= 15 is 0 Å². The minimum absolute atomic E-state index is 0.0188. The first-order chi connectivity index (χ1) is 18.0. The number of primary amides is 1. The molecule has 2 heterocycles. The van der Waals surface area contributed by atoms with Gasteiger partial charge < -0.3 is 21.1 Å². The van der Waals surface area contributed by atoms with Crippen LogP contribution in [0, 0.1) is 17.2 Å². The maximum Gasteiger partial charge on any atom is 0.271 e. The Labute approximate surface area is 214 Å². The van der Waals surface area contributed by atoms with E-state index in [1.807, 2.05) is 23.0 Å². The zero-order valence-electron chi connectivity index (χ0n) is 20.5. The molecule has 3 aromatic rings. The van der Waals surface area contributed by atoms with Crippen LogP contribution in [0.1, 0.15) is 67.2 Å². The summed E-state index contributed by atoms with van der Waals surface area (Å²) in [5, 5.41) is 28.1. The molecule has 2 aliphatic rings. The van der Waals surface area contributed by atoms with Crippen LogP contribution >= 0.6 is 0 Å². The first-order valence-electron chi connectivity index (χ1n) is 12.4. The van der Waals surface area contributed by atoms with Gasteiger partial charge in [-0.1, -0.05) is 31.4 Å². The Bertz CT molecular complexity index is 1380. The fraction of sp³-hybridized carbons (Fsp3) is 0.385. The number of carbonyl (C=O) groups excluding carboxylic acids is 2. The van der Waals surface area contributed by atoms with Crippen molar-refractivity contribution in [1.29, 1.82) is 5.26 Å². The van der Waals surface area contributed by atoms with E-state index in [1.165, 1.54) is 19.6 Å². The number of hydrogen-bond donors (Lipinski definition) is 3. The van der Waals surface area contributed by atoms with Crippen molar-refractivity contribution < 1.29 is 14.3 Å². The largest absolute Gasteiger partial charge is 0.494 e. The van der Waals surface area contributed by atoms with Crippen LogP contribution in [0.5, 0.6) is 5.75 Å². The van der Waals surface area contributed by atoms with Crippen molar-refractivity contribution in [3.05, 3.63) is 41.9 Å². The molecule has 2 aliphatic carbocycles. The highest BCUT2D eigenvalue weighted by molar-refractivity contribution is 5.99. The first-order valence-corrected chi connectivity index (χ1v) is 12.4. The van der Waals surface area contributed by atoms with Crippen LogP contribution in [-0.2, 0) is 4.79 Å². The molecule has 2 aromatic heterocycles. The van der Waals surface area contributed by atoms with Crippen molar-refractivity contribution in [2.24, 2.45) is 11.7 Å². The van der Waals surface area contributed by atoms with Gasteiger partial charge in [-0.2, -0.15) is 10.4 Å². The quantitative estimate of drug-likeness (QED) is 0.419. The number of nitriles is 1. The smallest absolute Gasteiger partial charge is 0.271 e. The summed E-state index contributed by atoms with van der Waals surface area (Å²) in [4.78, 5) is 24.3. The number of anilines is 3. The highest BCUT2D eigenvalue weighted by Gasteiger charge is 2.30. The van der Waals surface area contributed by atoms with Gasteiger partial charge >= 0.3 is 0 Å². The number of carbonyl (C=O) groups is 2. The Morgan fingerprint density at radius 3 is 2.57 bits per heavy atom. The number of nitrogens with one attached hydrogen (secondary N) is 2. The van der Waals surface area contributed by atoms with Crippen LogP contribution in [0.25, 0.3) is 11.1 Å². The number of aromatic nitrogens is 4. The number of ether oxygens (including phenoxy) is 1. The Kier molecular flexibility index (Phi) is 6.72. The average Bonchev–Trinajstić information content (AvgIpc) is 3.68. The molecule has 0 radical (unpaired) electrons. The molecule has 0 bridgehead atoms. The molecule has 0 aliphatic heterocycles. The molecule has 2 amide bonds. The van der Waals surface area contributed by atoms with Gasteiger partial charge in [-0.25, -0.2) is 0 Å². The zero-order chi connectivity index (χ0) is 25.9. The fourth-order valence-corrected chi connectivity index (χ4v) is 4.72. The molecule has 0 unspecified atom stereocenters. The number of nitrogens with zero attached hydrogens (tertiary/aromatic N) is 5. The highest BCUT2D eigenvalue weighted by Crippen LogP contribution is 2.40. The third kappa shape index (κ3) is 5.09. The van der Waals surface area contributed by atoms with Crippen LogP contribution < -0.4 is 21.1 Å². The number of hydrogen-bond acceptors (Lipinski definition) is 8. The van der Waals surface area contributed by atoms with Gasteiger partial charge in [-0.15, -0.1) is 10.2 Å². The molecule has 190 valence electrons. The molecule has 11 nitrogen and oxygen atoms in total. The van der Waals surface area contributed by atoms with Gasteiger partial charge in [-0.3, -0.25) is 14.3 Å². The number of para-hydroxylation sites is 1. The van der Waals surface area contributed by atoms with Crippen molar-refractivity contribution in [2.75, 3.05) is 17.7 Å². The summed E-state index contributed by atoms with van der Waals surface area (Å²) in [6.45, 7) is 0. The number of methoxy groups -OCH3 is 1. The Morgan fingerprint density at radius 1 is 1.11 bits per heavy atom. The molecule has 5 rings (SSSR count). The SMILES string of the molecule is COc1c(Nc2cc(NC(=O)C3CC3)nnc2C(N)=O)cccc1-c1cn(C2CCCCC2)nc1C#N. The van der Waals surface area contributed by atoms with Gasteiger partial charge in [-0.05, 0) is 31.7 Å². The summed E-state index contributed by atoms with van der Waals surface area (Å²) in [6.07, 6.45) is 9.19. The summed E-state index contributed by atoms with van der Waals surface area (Å²) in [5.41, 5.74) is 7.89. The van der Waals surface area contributed by atoms with E-state index in [-0.39, 0.29) is 35.1 Å². The van der Waals surface area contributed by atoms with Gasteiger partial charge in [0, 0.05) is 29.3 Å². The lowest BCUT2D eigenvalue weighted by molar-refractivity contribution is -0.117. The van der Waals surface area contributed by atoms with E-state index < -0.39 is 5.91 Å². The van der Waals surface area contributed by atoms with Crippen molar-refractivity contribution in [2.45, 2.75) is 51.0 Å². The molecule has 0 saturated heterocycles. The van der Waals surface area contributed by atoms with E-state index in [0.29, 0.717) is 28.3 Å². The maximum absolute atomic E-state index is 12.2. The minimum atomic E-state index is -0.772. The molecule has 0 spiro atoms. The number of amides is 2. The molecule has 0 atom stereocenters. The maximum atomic E-state index is 12.2. The van der Waals surface area contributed by atoms with Crippen LogP contribution in [0.2, 0.25) is 0 Å². The van der Waals surface area contributed by atoms with Crippen molar-refractivity contribution in [3.8, 4) is 22.9 Å². The Balaban J connectivity index is 1.50. The predicted octanol–water partition coefficient (Wildman–Crippen LogP) is 3.92. The predicted molar refractivity (Wildman–Crippen MR) is 136 cm³/mol. The lowest BCUT2D eigenvalue weighted by Gasteiger charge is -2.21. The van der Waals surface area contributed by atoms with Gasteiger partial charge in [0.05, 0.1) is 24.5 Å². The second-order valence-electron chi connectivity index (χ2n) is 9.41.